The molecular weight excluding hydrogens is 577 g/mol. The van der Waals surface area contributed by atoms with Crippen LogP contribution >= 0.6 is 39.1 Å². The molecule has 0 aliphatic carbocycles. The number of nitrogens with one attached hydrogen (secondary N) is 1. The van der Waals surface area contributed by atoms with Crippen LogP contribution in [-0.2, 0) is 26.2 Å². The number of carbonyl (C=O) groups is 2. The van der Waals surface area contributed by atoms with E-state index in [4.69, 9.17) is 23.2 Å². The Morgan fingerprint density at radius 2 is 1.74 bits per heavy atom. The van der Waals surface area contributed by atoms with Gasteiger partial charge in [0.15, 0.2) is 0 Å². The SMILES string of the molecule is CCCNC(=O)[C@H](CC)N(Cc1c(Cl)cccc1Cl)C(=O)CN(c1ccc(Br)c(C)c1)S(C)(=O)=O. The van der Waals surface area contributed by atoms with Crippen LogP contribution in [0.1, 0.15) is 37.8 Å². The van der Waals surface area contributed by atoms with E-state index in [1.165, 1.54) is 4.90 Å². The van der Waals surface area contributed by atoms with E-state index in [-0.39, 0.29) is 12.5 Å². The second kappa shape index (κ2) is 12.9. The molecule has 0 bridgehead atoms. The summed E-state index contributed by atoms with van der Waals surface area (Å²) in [5.41, 5.74) is 1.64. The molecule has 11 heteroatoms. The zero-order valence-electron chi connectivity index (χ0n) is 20.1. The smallest absolute Gasteiger partial charge is 0.244 e. The average Bonchev–Trinajstić information content (AvgIpc) is 2.78. The molecule has 0 unspecified atom stereocenters. The highest BCUT2D eigenvalue weighted by molar-refractivity contribution is 9.10. The zero-order chi connectivity index (χ0) is 26.3. The molecule has 2 aromatic carbocycles. The lowest BCUT2D eigenvalue weighted by Gasteiger charge is -2.33. The molecule has 0 radical (unpaired) electrons. The van der Waals surface area contributed by atoms with Gasteiger partial charge in [0.2, 0.25) is 21.8 Å². The van der Waals surface area contributed by atoms with Gasteiger partial charge in [0.25, 0.3) is 0 Å². The van der Waals surface area contributed by atoms with Crippen LogP contribution in [0.25, 0.3) is 0 Å². The molecule has 0 aliphatic rings. The van der Waals surface area contributed by atoms with Crippen molar-refractivity contribution in [2.45, 2.75) is 46.2 Å². The molecule has 0 aromatic heterocycles. The number of rotatable bonds is 11. The quantitative estimate of drug-likeness (QED) is 0.383. The molecule has 0 heterocycles. The summed E-state index contributed by atoms with van der Waals surface area (Å²) in [5.74, 6) is -0.873. The third kappa shape index (κ3) is 7.84. The minimum absolute atomic E-state index is 0.0492. The monoisotopic (exact) mass is 605 g/mol. The van der Waals surface area contributed by atoms with Crippen molar-refractivity contribution in [2.24, 2.45) is 0 Å². The molecule has 1 N–H and O–H groups in total. The fourth-order valence-electron chi connectivity index (χ4n) is 3.54. The first kappa shape index (κ1) is 29.4. The number of amides is 2. The molecule has 0 aliphatic heterocycles. The van der Waals surface area contributed by atoms with Crippen molar-refractivity contribution < 1.29 is 18.0 Å². The van der Waals surface area contributed by atoms with Gasteiger partial charge in [-0.15, -0.1) is 0 Å². The Morgan fingerprint density at radius 1 is 1.11 bits per heavy atom. The molecule has 35 heavy (non-hydrogen) atoms. The van der Waals surface area contributed by atoms with Gasteiger partial charge in [0, 0.05) is 33.2 Å². The van der Waals surface area contributed by atoms with Crippen LogP contribution < -0.4 is 9.62 Å². The average molecular weight is 607 g/mol. The molecular formula is C24H30BrCl2N3O4S. The summed E-state index contributed by atoms with van der Waals surface area (Å²) in [6, 6.07) is 9.17. The van der Waals surface area contributed by atoms with E-state index in [9.17, 15) is 18.0 Å². The van der Waals surface area contributed by atoms with Gasteiger partial charge >= 0.3 is 0 Å². The normalized spacial score (nSPS) is 12.2. The number of halogens is 3. The first-order chi connectivity index (χ1) is 16.4. The molecule has 0 spiro atoms. The predicted molar refractivity (Wildman–Crippen MR) is 145 cm³/mol. The lowest BCUT2D eigenvalue weighted by molar-refractivity contribution is -0.140. The highest BCUT2D eigenvalue weighted by Crippen LogP contribution is 2.28. The van der Waals surface area contributed by atoms with Crippen LogP contribution in [0.5, 0.6) is 0 Å². The van der Waals surface area contributed by atoms with E-state index in [1.54, 1.807) is 43.3 Å². The maximum Gasteiger partial charge on any atom is 0.244 e. The topological polar surface area (TPSA) is 86.8 Å². The minimum atomic E-state index is -3.81. The van der Waals surface area contributed by atoms with Gasteiger partial charge in [0.1, 0.15) is 12.6 Å². The van der Waals surface area contributed by atoms with Gasteiger partial charge in [0.05, 0.1) is 11.9 Å². The number of sulfonamides is 1. The third-order valence-electron chi connectivity index (χ3n) is 5.43. The highest BCUT2D eigenvalue weighted by atomic mass is 79.9. The fourth-order valence-corrected chi connectivity index (χ4v) is 5.14. The van der Waals surface area contributed by atoms with Crippen LogP contribution in [0.4, 0.5) is 5.69 Å². The van der Waals surface area contributed by atoms with Gasteiger partial charge in [-0.25, -0.2) is 8.42 Å². The molecule has 0 saturated heterocycles. The number of hydrogen-bond donors (Lipinski definition) is 1. The van der Waals surface area contributed by atoms with Crippen LogP contribution in [0.3, 0.4) is 0 Å². The summed E-state index contributed by atoms with van der Waals surface area (Å²) < 4.78 is 27.2. The largest absolute Gasteiger partial charge is 0.354 e. The van der Waals surface area contributed by atoms with Gasteiger partial charge in [-0.3, -0.25) is 13.9 Å². The Hall–Kier alpha value is -1.81. The second-order valence-electron chi connectivity index (χ2n) is 8.14. The van der Waals surface area contributed by atoms with E-state index in [1.807, 2.05) is 13.8 Å². The number of benzene rings is 2. The molecule has 0 fully saturated rings. The Labute approximate surface area is 225 Å². The Balaban J connectivity index is 2.50. The Morgan fingerprint density at radius 3 is 2.26 bits per heavy atom. The van der Waals surface area contributed by atoms with Crippen molar-refractivity contribution in [3.05, 3.63) is 62.0 Å². The summed E-state index contributed by atoms with van der Waals surface area (Å²) in [7, 11) is -3.81. The molecule has 192 valence electrons. The van der Waals surface area contributed by atoms with E-state index in [0.717, 1.165) is 27.0 Å². The summed E-state index contributed by atoms with van der Waals surface area (Å²) in [4.78, 5) is 28.0. The summed E-state index contributed by atoms with van der Waals surface area (Å²) >= 11 is 16.1. The molecule has 1 atom stereocenters. The van der Waals surface area contributed by atoms with Gasteiger partial charge in [-0.05, 0) is 55.7 Å². The van der Waals surface area contributed by atoms with Crippen molar-refractivity contribution in [1.82, 2.24) is 10.2 Å². The second-order valence-corrected chi connectivity index (χ2v) is 11.7. The van der Waals surface area contributed by atoms with Crippen LogP contribution in [0.15, 0.2) is 40.9 Å². The van der Waals surface area contributed by atoms with Crippen LogP contribution in [0, 0.1) is 6.92 Å². The summed E-state index contributed by atoms with van der Waals surface area (Å²) in [6.07, 6.45) is 2.09. The fraction of sp³-hybridized carbons (Fsp3) is 0.417. The van der Waals surface area contributed by atoms with Crippen molar-refractivity contribution in [1.29, 1.82) is 0 Å². The number of hydrogen-bond acceptors (Lipinski definition) is 4. The van der Waals surface area contributed by atoms with Gasteiger partial charge in [-0.2, -0.15) is 0 Å². The maximum absolute atomic E-state index is 13.7. The van der Waals surface area contributed by atoms with Gasteiger partial charge < -0.3 is 10.2 Å². The lowest BCUT2D eigenvalue weighted by Crippen LogP contribution is -2.52. The minimum Gasteiger partial charge on any atom is -0.354 e. The Bertz CT molecular complexity index is 1160. The van der Waals surface area contributed by atoms with Crippen LogP contribution in [0.2, 0.25) is 10.0 Å². The first-order valence-corrected chi connectivity index (χ1v) is 14.5. The standard InChI is InChI=1S/C24H30BrCl2N3O4S/c1-5-12-28-24(32)22(6-2)29(14-18-20(26)8-7-9-21(18)27)23(31)15-30(35(4,33)34)17-10-11-19(25)16(3)13-17/h7-11,13,22H,5-6,12,14-15H2,1-4H3,(H,28,32)/t22-/m0/s1. The molecule has 2 amide bonds. The number of anilines is 1. The predicted octanol–water partition coefficient (Wildman–Crippen LogP) is 5.16. The zero-order valence-corrected chi connectivity index (χ0v) is 24.1. The molecule has 0 saturated carbocycles. The van der Waals surface area contributed by atoms with Crippen molar-refractivity contribution in [3.8, 4) is 0 Å². The molecule has 2 rings (SSSR count). The lowest BCUT2D eigenvalue weighted by atomic mass is 10.1. The van der Waals surface area contributed by atoms with E-state index in [0.29, 0.717) is 34.3 Å². The number of aryl methyl sites for hydroxylation is 1. The van der Waals surface area contributed by atoms with Gasteiger partial charge in [-0.1, -0.05) is 59.0 Å². The Kier molecular flexibility index (Phi) is 10.9. The molecule has 2 aromatic rings. The van der Waals surface area contributed by atoms with E-state index >= 15 is 0 Å². The van der Waals surface area contributed by atoms with Crippen molar-refractivity contribution in [2.75, 3.05) is 23.7 Å². The summed E-state index contributed by atoms with van der Waals surface area (Å²) in [6.45, 7) is 5.46. The number of carbonyl (C=O) groups excluding carboxylic acids is 2. The number of nitrogens with zero attached hydrogens (tertiary/aromatic N) is 2. The highest BCUT2D eigenvalue weighted by Gasteiger charge is 2.32. The summed E-state index contributed by atoms with van der Waals surface area (Å²) in [5, 5.41) is 3.53. The maximum atomic E-state index is 13.7. The third-order valence-corrected chi connectivity index (χ3v) is 8.17. The first-order valence-electron chi connectivity index (χ1n) is 11.1. The van der Waals surface area contributed by atoms with Crippen molar-refractivity contribution >= 4 is 66.7 Å². The van der Waals surface area contributed by atoms with E-state index in [2.05, 4.69) is 21.2 Å². The van der Waals surface area contributed by atoms with Crippen molar-refractivity contribution in [3.63, 3.8) is 0 Å². The molecule has 7 nitrogen and oxygen atoms in total. The van der Waals surface area contributed by atoms with E-state index < -0.39 is 28.5 Å². The van der Waals surface area contributed by atoms with Crippen LogP contribution in [-0.4, -0.2) is 50.5 Å².